The first-order valence-corrected chi connectivity index (χ1v) is 17.0. The summed E-state index contributed by atoms with van der Waals surface area (Å²) in [5.41, 5.74) is 8.27. The first-order valence-electron chi connectivity index (χ1n) is 17.0. The van der Waals surface area contributed by atoms with E-state index < -0.39 is 0 Å². The molecule has 0 aliphatic carbocycles. The number of pyridine rings is 3. The number of benzene rings is 8. The minimum absolute atomic E-state index is 0.926. The SMILES string of the molecule is c1ccc2c(c1)ccc1c(-c3ccc(-c4c5ccc6ccccc6c5nc5c4ccc4ccccc45)nc3)c3ccc4ccccc4c3nc12. The Morgan fingerprint density at radius 3 is 1.00 bits per heavy atom. The van der Waals surface area contributed by atoms with E-state index in [4.69, 9.17) is 15.0 Å². The summed E-state index contributed by atoms with van der Waals surface area (Å²) < 4.78 is 0. The molecule has 11 aromatic rings. The van der Waals surface area contributed by atoms with E-state index in [9.17, 15) is 0 Å². The molecule has 11 rings (SSSR count). The highest BCUT2D eigenvalue weighted by atomic mass is 14.7. The number of fused-ring (bicyclic) bond motifs is 12. The molecular weight excluding hydrogens is 607 g/mol. The second kappa shape index (κ2) is 10.4. The molecule has 0 saturated heterocycles. The maximum atomic E-state index is 5.38. The zero-order chi connectivity index (χ0) is 32.8. The van der Waals surface area contributed by atoms with Gasteiger partial charge < -0.3 is 0 Å². The van der Waals surface area contributed by atoms with Crippen LogP contribution in [-0.4, -0.2) is 15.0 Å². The Morgan fingerprint density at radius 2 is 0.640 bits per heavy atom. The summed E-state index contributed by atoms with van der Waals surface area (Å²) in [6.45, 7) is 0. The number of rotatable bonds is 2. The molecule has 3 heterocycles. The molecule has 8 aromatic carbocycles. The van der Waals surface area contributed by atoms with Crippen molar-refractivity contribution < 1.29 is 0 Å². The van der Waals surface area contributed by atoms with E-state index in [1.54, 1.807) is 0 Å². The van der Waals surface area contributed by atoms with E-state index >= 15 is 0 Å². The molecule has 3 heteroatoms. The van der Waals surface area contributed by atoms with Crippen LogP contribution in [-0.2, 0) is 0 Å². The highest BCUT2D eigenvalue weighted by Crippen LogP contribution is 2.42. The summed E-state index contributed by atoms with van der Waals surface area (Å²) in [5, 5.41) is 13.8. The fourth-order valence-electron chi connectivity index (χ4n) is 8.10. The monoisotopic (exact) mass is 633 g/mol. The molecule has 230 valence electrons. The standard InChI is InChI=1S/C47H27N3/c1-5-13-33-28(9-1)17-22-37-42(38-23-18-29-10-2-6-14-34(29)45(38)49-44(33)37)32-21-26-41(48-27-32)43-39-24-19-30-11-3-7-15-35(30)46(39)50-47-36-16-8-4-12-31(36)20-25-40(43)47/h1-27H. The maximum Gasteiger partial charge on any atom is 0.0795 e. The molecule has 0 N–H and O–H groups in total. The Balaban J connectivity index is 1.21. The molecule has 3 aromatic heterocycles. The topological polar surface area (TPSA) is 38.7 Å². The van der Waals surface area contributed by atoms with Crippen LogP contribution in [0.15, 0.2) is 164 Å². The highest BCUT2D eigenvalue weighted by molar-refractivity contribution is 6.22. The maximum absolute atomic E-state index is 5.38. The van der Waals surface area contributed by atoms with Gasteiger partial charge in [-0.3, -0.25) is 4.98 Å². The summed E-state index contributed by atoms with van der Waals surface area (Å²) in [4.78, 5) is 16.0. The number of aromatic nitrogens is 3. The van der Waals surface area contributed by atoms with E-state index in [2.05, 4.69) is 158 Å². The van der Waals surface area contributed by atoms with Crippen LogP contribution in [0.1, 0.15) is 0 Å². The van der Waals surface area contributed by atoms with Crippen LogP contribution < -0.4 is 0 Å². The van der Waals surface area contributed by atoms with Crippen LogP contribution in [0.2, 0.25) is 0 Å². The average molecular weight is 634 g/mol. The van der Waals surface area contributed by atoms with Crippen molar-refractivity contribution in [3.63, 3.8) is 0 Å². The van der Waals surface area contributed by atoms with Gasteiger partial charge in [0.15, 0.2) is 0 Å². The molecular formula is C47H27N3. The van der Waals surface area contributed by atoms with Gasteiger partial charge in [-0.25, -0.2) is 9.97 Å². The quantitative estimate of drug-likeness (QED) is 0.140. The van der Waals surface area contributed by atoms with Gasteiger partial charge in [0.1, 0.15) is 0 Å². The van der Waals surface area contributed by atoms with Crippen LogP contribution in [0.5, 0.6) is 0 Å². The Hall–Kier alpha value is -6.71. The molecule has 0 unspecified atom stereocenters. The normalized spacial score (nSPS) is 12.0. The van der Waals surface area contributed by atoms with Crippen LogP contribution in [0.3, 0.4) is 0 Å². The van der Waals surface area contributed by atoms with Gasteiger partial charge in [-0.1, -0.05) is 152 Å². The van der Waals surface area contributed by atoms with Crippen molar-refractivity contribution in [1.29, 1.82) is 0 Å². The molecule has 0 saturated carbocycles. The predicted molar refractivity (Wildman–Crippen MR) is 211 cm³/mol. The molecule has 50 heavy (non-hydrogen) atoms. The Labute approximate surface area is 287 Å². The van der Waals surface area contributed by atoms with E-state index in [1.165, 1.54) is 21.5 Å². The molecule has 0 radical (unpaired) electrons. The minimum Gasteiger partial charge on any atom is -0.256 e. The summed E-state index contributed by atoms with van der Waals surface area (Å²) in [6.07, 6.45) is 2.05. The van der Waals surface area contributed by atoms with E-state index in [0.29, 0.717) is 0 Å². The molecule has 0 spiro atoms. The van der Waals surface area contributed by atoms with Crippen molar-refractivity contribution in [1.82, 2.24) is 15.0 Å². The average Bonchev–Trinajstić information content (AvgIpc) is 3.19. The Bertz CT molecular complexity index is 2790. The summed E-state index contributed by atoms with van der Waals surface area (Å²) in [7, 11) is 0. The van der Waals surface area contributed by atoms with E-state index in [1.807, 2.05) is 6.20 Å². The highest BCUT2D eigenvalue weighted by Gasteiger charge is 2.19. The van der Waals surface area contributed by atoms with Crippen molar-refractivity contribution in [3.05, 3.63) is 164 Å². The minimum atomic E-state index is 0.926. The molecule has 0 amide bonds. The van der Waals surface area contributed by atoms with Gasteiger partial charge in [0, 0.05) is 66.0 Å². The lowest BCUT2D eigenvalue weighted by Gasteiger charge is -2.16. The van der Waals surface area contributed by atoms with E-state index in [0.717, 1.165) is 87.5 Å². The Morgan fingerprint density at radius 1 is 0.280 bits per heavy atom. The van der Waals surface area contributed by atoms with Crippen molar-refractivity contribution in [2.75, 3.05) is 0 Å². The molecule has 0 atom stereocenters. The molecule has 0 fully saturated rings. The third-order valence-corrected chi connectivity index (χ3v) is 10.4. The summed E-state index contributed by atoms with van der Waals surface area (Å²) in [5.74, 6) is 0. The van der Waals surface area contributed by atoms with Gasteiger partial charge in [-0.05, 0) is 27.6 Å². The molecule has 0 bridgehead atoms. The van der Waals surface area contributed by atoms with Gasteiger partial charge in [0.25, 0.3) is 0 Å². The van der Waals surface area contributed by atoms with Crippen LogP contribution >= 0.6 is 0 Å². The van der Waals surface area contributed by atoms with Crippen molar-refractivity contribution in [3.8, 4) is 22.4 Å². The lowest BCUT2D eigenvalue weighted by molar-refractivity contribution is 1.34. The van der Waals surface area contributed by atoms with Gasteiger partial charge in [0.05, 0.1) is 27.8 Å². The summed E-state index contributed by atoms with van der Waals surface area (Å²) >= 11 is 0. The second-order valence-corrected chi connectivity index (χ2v) is 13.1. The predicted octanol–water partition coefficient (Wildman–Crippen LogP) is 12.4. The smallest absolute Gasteiger partial charge is 0.0795 e. The van der Waals surface area contributed by atoms with Crippen molar-refractivity contribution >= 4 is 86.7 Å². The number of nitrogens with zero attached hydrogens (tertiary/aromatic N) is 3. The third-order valence-electron chi connectivity index (χ3n) is 10.4. The number of hydrogen-bond donors (Lipinski definition) is 0. The van der Waals surface area contributed by atoms with Crippen LogP contribution in [0.4, 0.5) is 0 Å². The van der Waals surface area contributed by atoms with Gasteiger partial charge in [0.2, 0.25) is 0 Å². The molecule has 0 aliphatic rings. The van der Waals surface area contributed by atoms with Gasteiger partial charge in [-0.2, -0.15) is 0 Å². The van der Waals surface area contributed by atoms with Crippen molar-refractivity contribution in [2.45, 2.75) is 0 Å². The third kappa shape index (κ3) is 3.89. The van der Waals surface area contributed by atoms with E-state index in [-0.39, 0.29) is 0 Å². The fourth-order valence-corrected chi connectivity index (χ4v) is 8.10. The summed E-state index contributed by atoms with van der Waals surface area (Å²) in [6, 6.07) is 56.2. The zero-order valence-electron chi connectivity index (χ0n) is 26.9. The van der Waals surface area contributed by atoms with Crippen LogP contribution in [0, 0.1) is 0 Å². The molecule has 0 aliphatic heterocycles. The van der Waals surface area contributed by atoms with Gasteiger partial charge >= 0.3 is 0 Å². The van der Waals surface area contributed by atoms with Crippen molar-refractivity contribution in [2.24, 2.45) is 0 Å². The first kappa shape index (κ1) is 27.3. The lowest BCUT2D eigenvalue weighted by Crippen LogP contribution is -1.95. The van der Waals surface area contributed by atoms with Crippen LogP contribution in [0.25, 0.3) is 109 Å². The second-order valence-electron chi connectivity index (χ2n) is 13.1. The number of hydrogen-bond acceptors (Lipinski definition) is 3. The first-order chi connectivity index (χ1) is 24.8. The lowest BCUT2D eigenvalue weighted by atomic mass is 9.92. The zero-order valence-corrected chi connectivity index (χ0v) is 26.9. The molecule has 3 nitrogen and oxygen atoms in total. The fraction of sp³-hybridized carbons (Fsp3) is 0. The van der Waals surface area contributed by atoms with Gasteiger partial charge in [-0.15, -0.1) is 0 Å². The Kier molecular flexibility index (Phi) is 5.67. The largest absolute Gasteiger partial charge is 0.256 e.